The molecule has 1 aliphatic carbocycles. The number of aromatic nitrogens is 4. The maximum Gasteiger partial charge on any atom is 0.293 e. The van der Waals surface area contributed by atoms with Crippen molar-refractivity contribution in [2.75, 3.05) is 5.32 Å². The van der Waals surface area contributed by atoms with Crippen LogP contribution in [0, 0.1) is 0 Å². The topological polar surface area (TPSA) is 81.3 Å². The fourth-order valence-corrected chi connectivity index (χ4v) is 3.38. The number of carbonyl (C=O) groups excluding carboxylic acids is 1. The molecule has 2 aromatic heterocycles. The lowest BCUT2D eigenvalue weighted by Crippen LogP contribution is -2.31. The zero-order valence-electron chi connectivity index (χ0n) is 13.4. The summed E-state index contributed by atoms with van der Waals surface area (Å²) in [6.45, 7) is -0.165. The van der Waals surface area contributed by atoms with Gasteiger partial charge in [0.2, 0.25) is 5.91 Å². The van der Waals surface area contributed by atoms with E-state index in [0.717, 1.165) is 36.9 Å². The molecule has 1 amide bonds. The molecular formula is C17H16ClN5O2. The van der Waals surface area contributed by atoms with Crippen molar-refractivity contribution in [2.45, 2.75) is 32.2 Å². The lowest BCUT2D eigenvalue weighted by molar-refractivity contribution is -0.117. The van der Waals surface area contributed by atoms with E-state index < -0.39 is 0 Å². The van der Waals surface area contributed by atoms with Crippen LogP contribution in [0.5, 0.6) is 0 Å². The number of fused-ring (bicyclic) bond motifs is 3. The molecule has 128 valence electrons. The molecule has 0 aliphatic heterocycles. The molecule has 0 atom stereocenters. The Hall–Kier alpha value is -2.67. The van der Waals surface area contributed by atoms with Gasteiger partial charge in [-0.1, -0.05) is 17.7 Å². The molecule has 3 aromatic rings. The Morgan fingerprint density at radius 2 is 2.12 bits per heavy atom. The van der Waals surface area contributed by atoms with Gasteiger partial charge >= 0.3 is 0 Å². The Balaban J connectivity index is 1.62. The Morgan fingerprint density at radius 1 is 1.28 bits per heavy atom. The van der Waals surface area contributed by atoms with Crippen molar-refractivity contribution in [3.05, 3.63) is 57.2 Å². The molecule has 2 heterocycles. The second-order valence-electron chi connectivity index (χ2n) is 6.08. The van der Waals surface area contributed by atoms with Gasteiger partial charge in [-0.25, -0.2) is 9.20 Å². The van der Waals surface area contributed by atoms with Crippen molar-refractivity contribution in [2.24, 2.45) is 0 Å². The highest BCUT2D eigenvalue weighted by atomic mass is 35.5. The van der Waals surface area contributed by atoms with Crippen LogP contribution in [0.25, 0.3) is 5.52 Å². The zero-order chi connectivity index (χ0) is 17.4. The number of anilines is 1. The van der Waals surface area contributed by atoms with Crippen molar-refractivity contribution in [3.8, 4) is 0 Å². The summed E-state index contributed by atoms with van der Waals surface area (Å²) >= 11 is 5.91. The zero-order valence-corrected chi connectivity index (χ0v) is 14.2. The molecule has 0 saturated carbocycles. The molecule has 4 rings (SSSR count). The highest BCUT2D eigenvalue weighted by Gasteiger charge is 2.20. The summed E-state index contributed by atoms with van der Waals surface area (Å²) in [5.41, 5.74) is 2.77. The van der Waals surface area contributed by atoms with Gasteiger partial charge in [-0.3, -0.25) is 9.59 Å². The highest BCUT2D eigenvalue weighted by molar-refractivity contribution is 6.30. The summed E-state index contributed by atoms with van der Waals surface area (Å²) in [6.07, 6.45) is 5.34. The summed E-state index contributed by atoms with van der Waals surface area (Å²) in [6, 6.07) is 6.84. The number of amides is 1. The minimum atomic E-state index is -0.338. The summed E-state index contributed by atoms with van der Waals surface area (Å²) in [7, 11) is 0. The number of benzene rings is 1. The number of aryl methyl sites for hydroxylation is 2. The van der Waals surface area contributed by atoms with Crippen LogP contribution in [0.4, 0.5) is 5.69 Å². The van der Waals surface area contributed by atoms with E-state index in [0.29, 0.717) is 16.2 Å². The van der Waals surface area contributed by atoms with E-state index in [9.17, 15) is 9.59 Å². The molecular weight excluding hydrogens is 342 g/mol. The van der Waals surface area contributed by atoms with Gasteiger partial charge in [0.1, 0.15) is 18.4 Å². The average molecular weight is 358 g/mol. The molecule has 1 N–H and O–H groups in total. The van der Waals surface area contributed by atoms with Crippen molar-refractivity contribution < 1.29 is 4.79 Å². The maximum absolute atomic E-state index is 12.7. The summed E-state index contributed by atoms with van der Waals surface area (Å²) < 4.78 is 2.70. The predicted octanol–water partition coefficient (Wildman–Crippen LogP) is 2.06. The van der Waals surface area contributed by atoms with Crippen molar-refractivity contribution in [3.63, 3.8) is 0 Å². The highest BCUT2D eigenvalue weighted by Crippen LogP contribution is 2.22. The van der Waals surface area contributed by atoms with E-state index in [1.165, 1.54) is 15.5 Å². The first-order valence-electron chi connectivity index (χ1n) is 8.13. The quantitative estimate of drug-likeness (QED) is 0.778. The first-order valence-corrected chi connectivity index (χ1v) is 8.51. The molecule has 0 saturated heterocycles. The standard InChI is InChI=1S/C17H16ClN5O2/c18-11-4-3-5-12(8-11)20-15(24)9-22-17(25)16-13-6-1-2-7-14(13)21-23(16)10-19-22/h3-5,8,10H,1-2,6-7,9H2,(H,20,24). The van der Waals surface area contributed by atoms with Crippen LogP contribution < -0.4 is 10.9 Å². The first kappa shape index (κ1) is 15.8. The molecule has 0 radical (unpaired) electrons. The van der Waals surface area contributed by atoms with E-state index in [4.69, 9.17) is 11.6 Å². The number of nitrogens with zero attached hydrogens (tertiary/aromatic N) is 4. The Kier molecular flexibility index (Phi) is 4.01. The average Bonchev–Trinajstić information content (AvgIpc) is 2.96. The summed E-state index contributed by atoms with van der Waals surface area (Å²) in [4.78, 5) is 25.0. The van der Waals surface area contributed by atoms with E-state index in [2.05, 4.69) is 15.5 Å². The fraction of sp³-hybridized carbons (Fsp3) is 0.294. The Labute approximate surface area is 148 Å². The maximum atomic E-state index is 12.7. The molecule has 7 nitrogen and oxygen atoms in total. The number of hydrogen-bond donors (Lipinski definition) is 1. The van der Waals surface area contributed by atoms with Gasteiger partial charge in [-0.05, 0) is 43.9 Å². The van der Waals surface area contributed by atoms with Crippen LogP contribution >= 0.6 is 11.6 Å². The molecule has 1 aromatic carbocycles. The van der Waals surface area contributed by atoms with Gasteiger partial charge in [0.05, 0.1) is 5.69 Å². The van der Waals surface area contributed by atoms with Gasteiger partial charge in [-0.2, -0.15) is 10.2 Å². The second kappa shape index (κ2) is 6.33. The number of hydrogen-bond acceptors (Lipinski definition) is 4. The van der Waals surface area contributed by atoms with Gasteiger partial charge < -0.3 is 5.32 Å². The number of rotatable bonds is 3. The SMILES string of the molecule is O=C(Cn1ncn2nc3c(c2c1=O)CCCC3)Nc1cccc(Cl)c1. The van der Waals surface area contributed by atoms with Crippen LogP contribution in [0.15, 0.2) is 35.4 Å². The number of halogens is 1. The summed E-state index contributed by atoms with van der Waals surface area (Å²) in [5, 5.41) is 11.7. The number of nitrogens with one attached hydrogen (secondary N) is 1. The molecule has 25 heavy (non-hydrogen) atoms. The Bertz CT molecular complexity index is 1020. The molecule has 0 unspecified atom stereocenters. The van der Waals surface area contributed by atoms with Crippen LogP contribution in [0.3, 0.4) is 0 Å². The molecule has 0 fully saturated rings. The largest absolute Gasteiger partial charge is 0.324 e. The molecule has 0 bridgehead atoms. The third kappa shape index (κ3) is 3.02. The Morgan fingerprint density at radius 3 is 2.96 bits per heavy atom. The number of carbonyl (C=O) groups is 1. The van der Waals surface area contributed by atoms with E-state index >= 15 is 0 Å². The summed E-state index contributed by atoms with van der Waals surface area (Å²) in [5.74, 6) is -0.338. The minimum absolute atomic E-state index is 0.165. The van der Waals surface area contributed by atoms with E-state index in [-0.39, 0.29) is 18.0 Å². The fourth-order valence-electron chi connectivity index (χ4n) is 3.19. The first-order chi connectivity index (χ1) is 12.1. The minimum Gasteiger partial charge on any atom is -0.324 e. The van der Waals surface area contributed by atoms with Crippen molar-refractivity contribution in [1.29, 1.82) is 0 Å². The lowest BCUT2D eigenvalue weighted by Gasteiger charge is -2.09. The third-order valence-electron chi connectivity index (χ3n) is 4.32. The normalized spacial score (nSPS) is 13.6. The molecule has 0 spiro atoms. The monoisotopic (exact) mass is 357 g/mol. The third-order valence-corrected chi connectivity index (χ3v) is 4.56. The van der Waals surface area contributed by atoms with Gasteiger partial charge in [0.25, 0.3) is 5.56 Å². The van der Waals surface area contributed by atoms with E-state index in [1.807, 2.05) is 0 Å². The smallest absolute Gasteiger partial charge is 0.293 e. The van der Waals surface area contributed by atoms with Crippen LogP contribution in [0.2, 0.25) is 5.02 Å². The van der Waals surface area contributed by atoms with Crippen molar-refractivity contribution in [1.82, 2.24) is 19.4 Å². The van der Waals surface area contributed by atoms with Crippen LogP contribution in [-0.4, -0.2) is 25.3 Å². The van der Waals surface area contributed by atoms with Crippen LogP contribution in [0.1, 0.15) is 24.1 Å². The van der Waals surface area contributed by atoms with E-state index in [1.54, 1.807) is 24.3 Å². The predicted molar refractivity (Wildman–Crippen MR) is 94.0 cm³/mol. The van der Waals surface area contributed by atoms with Gasteiger partial charge in [0.15, 0.2) is 0 Å². The molecule has 1 aliphatic rings. The lowest BCUT2D eigenvalue weighted by atomic mass is 9.97. The van der Waals surface area contributed by atoms with Gasteiger partial charge in [-0.15, -0.1) is 0 Å². The van der Waals surface area contributed by atoms with Crippen LogP contribution in [-0.2, 0) is 24.2 Å². The van der Waals surface area contributed by atoms with Crippen molar-refractivity contribution >= 4 is 28.7 Å². The molecule has 8 heteroatoms. The van der Waals surface area contributed by atoms with Gasteiger partial charge in [0, 0.05) is 16.3 Å². The second-order valence-corrected chi connectivity index (χ2v) is 6.51.